The summed E-state index contributed by atoms with van der Waals surface area (Å²) in [4.78, 5) is 10.3. The summed E-state index contributed by atoms with van der Waals surface area (Å²) in [5, 5.41) is 8.31. The number of carbonyl (C=O) groups is 1. The molecule has 0 aromatic heterocycles. The van der Waals surface area contributed by atoms with E-state index < -0.39 is 12.1 Å². The minimum absolute atomic E-state index is 0.264. The topological polar surface area (TPSA) is 46.5 Å². The van der Waals surface area contributed by atoms with E-state index in [1.54, 1.807) is 0 Å². The average molecular weight is 129 g/mol. The predicted octanol–water partition coefficient (Wildman–Crippen LogP) is -0.0894. The van der Waals surface area contributed by atoms with Crippen molar-refractivity contribution in [3.05, 3.63) is 19.6 Å². The molecule has 9 heavy (non-hydrogen) atoms. The zero-order chi connectivity index (χ0) is 7.28. The Morgan fingerprint density at radius 1 is 1.89 bits per heavy atom. The fourth-order valence-electron chi connectivity index (χ4n) is 0.250. The summed E-state index contributed by atoms with van der Waals surface area (Å²) in [6, 6.07) is 0. The molecule has 0 aliphatic heterocycles. The van der Waals surface area contributed by atoms with E-state index in [2.05, 4.69) is 18.2 Å². The van der Waals surface area contributed by atoms with Gasteiger partial charge in [-0.2, -0.15) is 0 Å². The number of rotatable bonds is 3. The van der Waals surface area contributed by atoms with Crippen molar-refractivity contribution in [3.63, 3.8) is 0 Å². The van der Waals surface area contributed by atoms with E-state index in [1.165, 1.54) is 0 Å². The maximum atomic E-state index is 10.3. The molecule has 0 bridgehead atoms. The Hall–Kier alpha value is -0.830. The monoisotopic (exact) mass is 129 g/mol. The van der Waals surface area contributed by atoms with Crippen molar-refractivity contribution >= 4 is 5.97 Å². The van der Waals surface area contributed by atoms with Crippen LogP contribution in [-0.4, -0.2) is 23.8 Å². The lowest BCUT2D eigenvalue weighted by Crippen LogP contribution is -2.16. The Labute approximate surface area is 53.9 Å². The summed E-state index contributed by atoms with van der Waals surface area (Å²) < 4.78 is 4.43. The quantitative estimate of drug-likeness (QED) is 0.428. The second kappa shape index (κ2) is 4.09. The lowest BCUT2D eigenvalue weighted by atomic mass is 10.4. The molecule has 51 valence electrons. The maximum absolute atomic E-state index is 10.3. The van der Waals surface area contributed by atoms with Gasteiger partial charge in [0.2, 0.25) is 0 Å². The van der Waals surface area contributed by atoms with Crippen molar-refractivity contribution < 1.29 is 14.6 Å². The van der Waals surface area contributed by atoms with Crippen LogP contribution in [0.2, 0.25) is 0 Å². The number of hydrogen-bond acceptors (Lipinski definition) is 3. The Kier molecular flexibility index (Phi) is 3.71. The number of carbonyl (C=O) groups excluding carboxylic acids is 1. The predicted molar refractivity (Wildman–Crippen MR) is 32.5 cm³/mol. The number of aliphatic hydroxyl groups is 1. The highest BCUT2D eigenvalue weighted by Gasteiger charge is 2.02. The Morgan fingerprint density at radius 3 is 2.78 bits per heavy atom. The first-order valence-electron chi connectivity index (χ1n) is 2.47. The highest BCUT2D eigenvalue weighted by Crippen LogP contribution is 1.88. The molecule has 0 spiro atoms. The van der Waals surface area contributed by atoms with Gasteiger partial charge in [-0.25, -0.2) is 4.79 Å². The van der Waals surface area contributed by atoms with Gasteiger partial charge < -0.3 is 9.84 Å². The Morgan fingerprint density at radius 2 is 2.44 bits per heavy atom. The van der Waals surface area contributed by atoms with E-state index in [4.69, 9.17) is 5.11 Å². The van der Waals surface area contributed by atoms with Gasteiger partial charge in [0, 0.05) is 6.08 Å². The van der Waals surface area contributed by atoms with Crippen molar-refractivity contribution in [2.24, 2.45) is 0 Å². The van der Waals surface area contributed by atoms with Gasteiger partial charge in [-0.05, 0) is 6.92 Å². The van der Waals surface area contributed by atoms with Gasteiger partial charge in [0.15, 0.2) is 0 Å². The van der Waals surface area contributed by atoms with E-state index in [0.717, 1.165) is 6.08 Å². The van der Waals surface area contributed by atoms with Crippen LogP contribution in [0.3, 0.4) is 0 Å². The molecule has 0 aliphatic rings. The van der Waals surface area contributed by atoms with Gasteiger partial charge in [0.05, 0.1) is 6.61 Å². The fraction of sp³-hybridized carbons (Fsp3) is 0.333. The summed E-state index contributed by atoms with van der Waals surface area (Å²) in [5.74, 6) is -0.566. The summed E-state index contributed by atoms with van der Waals surface area (Å²) >= 11 is 0. The SMILES string of the molecule is [CH2]C(CO)OC(=O)C=C. The molecule has 1 radical (unpaired) electrons. The molecule has 0 saturated heterocycles. The van der Waals surface area contributed by atoms with Crippen LogP contribution < -0.4 is 0 Å². The molecule has 1 N–H and O–H groups in total. The second-order valence-corrected chi connectivity index (χ2v) is 1.45. The molecule has 3 nitrogen and oxygen atoms in total. The average Bonchev–Trinajstić information content (AvgIpc) is 1.87. The zero-order valence-corrected chi connectivity index (χ0v) is 5.04. The third-order valence-corrected chi connectivity index (χ3v) is 0.653. The van der Waals surface area contributed by atoms with Crippen molar-refractivity contribution in [2.75, 3.05) is 6.61 Å². The highest BCUT2D eigenvalue weighted by atomic mass is 16.5. The summed E-state index contributed by atoms with van der Waals surface area (Å²) in [7, 11) is 0. The molecule has 1 atom stereocenters. The number of esters is 1. The molecular weight excluding hydrogens is 120 g/mol. The number of hydrogen-bond donors (Lipinski definition) is 1. The summed E-state index contributed by atoms with van der Waals surface area (Å²) in [6.45, 7) is 6.20. The third-order valence-electron chi connectivity index (χ3n) is 0.653. The van der Waals surface area contributed by atoms with E-state index in [9.17, 15) is 4.79 Å². The van der Waals surface area contributed by atoms with E-state index in [-0.39, 0.29) is 6.61 Å². The van der Waals surface area contributed by atoms with Gasteiger partial charge in [0.25, 0.3) is 0 Å². The van der Waals surface area contributed by atoms with Crippen molar-refractivity contribution in [2.45, 2.75) is 6.10 Å². The van der Waals surface area contributed by atoms with Crippen LogP contribution in [0.4, 0.5) is 0 Å². The molecule has 1 unspecified atom stereocenters. The van der Waals surface area contributed by atoms with Gasteiger partial charge >= 0.3 is 5.97 Å². The first kappa shape index (κ1) is 8.17. The Balaban J connectivity index is 3.46. The van der Waals surface area contributed by atoms with Crippen LogP contribution >= 0.6 is 0 Å². The van der Waals surface area contributed by atoms with Crippen molar-refractivity contribution in [1.29, 1.82) is 0 Å². The summed E-state index contributed by atoms with van der Waals surface area (Å²) in [6.07, 6.45) is 0.337. The van der Waals surface area contributed by atoms with Crippen molar-refractivity contribution in [3.8, 4) is 0 Å². The van der Waals surface area contributed by atoms with Crippen LogP contribution in [0.25, 0.3) is 0 Å². The molecule has 0 aromatic rings. The third kappa shape index (κ3) is 3.73. The van der Waals surface area contributed by atoms with E-state index in [1.807, 2.05) is 0 Å². The minimum Gasteiger partial charge on any atom is -0.457 e. The second-order valence-electron chi connectivity index (χ2n) is 1.45. The summed E-state index contributed by atoms with van der Waals surface area (Å²) in [5.41, 5.74) is 0. The first-order valence-corrected chi connectivity index (χ1v) is 2.47. The van der Waals surface area contributed by atoms with Crippen LogP contribution in [0.5, 0.6) is 0 Å². The normalized spacial score (nSPS) is 12.2. The van der Waals surface area contributed by atoms with Crippen LogP contribution in [0.15, 0.2) is 12.7 Å². The standard InChI is InChI=1S/C6H9O3/c1-3-6(8)9-5(2)4-7/h3,5,7H,1-2,4H2. The van der Waals surface area contributed by atoms with Crippen LogP contribution in [0, 0.1) is 6.92 Å². The van der Waals surface area contributed by atoms with E-state index in [0.29, 0.717) is 0 Å². The lowest BCUT2D eigenvalue weighted by molar-refractivity contribution is -0.142. The highest BCUT2D eigenvalue weighted by molar-refractivity contribution is 5.81. The lowest BCUT2D eigenvalue weighted by Gasteiger charge is -2.06. The maximum Gasteiger partial charge on any atom is 0.330 e. The first-order chi connectivity index (χ1) is 4.20. The Bertz CT molecular complexity index is 109. The van der Waals surface area contributed by atoms with Crippen LogP contribution in [0.1, 0.15) is 0 Å². The molecule has 0 fully saturated rings. The minimum atomic E-state index is -0.685. The smallest absolute Gasteiger partial charge is 0.330 e. The van der Waals surface area contributed by atoms with Gasteiger partial charge in [-0.15, -0.1) is 0 Å². The van der Waals surface area contributed by atoms with Gasteiger partial charge in [0.1, 0.15) is 6.10 Å². The van der Waals surface area contributed by atoms with Gasteiger partial charge in [-0.1, -0.05) is 6.58 Å². The molecule has 0 aliphatic carbocycles. The van der Waals surface area contributed by atoms with Gasteiger partial charge in [-0.3, -0.25) is 0 Å². The largest absolute Gasteiger partial charge is 0.457 e. The molecular formula is C6H9O3. The number of ether oxygens (including phenoxy) is 1. The molecule has 0 saturated carbocycles. The molecule has 0 heterocycles. The molecule has 0 aromatic carbocycles. The molecule has 0 amide bonds. The van der Waals surface area contributed by atoms with E-state index >= 15 is 0 Å². The van der Waals surface area contributed by atoms with Crippen molar-refractivity contribution in [1.82, 2.24) is 0 Å². The number of aliphatic hydroxyl groups excluding tert-OH is 1. The fourth-order valence-corrected chi connectivity index (χ4v) is 0.250. The molecule has 0 rings (SSSR count). The molecule has 3 heteroatoms. The van der Waals surface area contributed by atoms with Crippen LogP contribution in [-0.2, 0) is 9.53 Å². The zero-order valence-electron chi connectivity index (χ0n) is 5.04.